The van der Waals surface area contributed by atoms with Gasteiger partial charge < -0.3 is 11.1 Å². The molecule has 20 heavy (non-hydrogen) atoms. The van der Waals surface area contributed by atoms with E-state index in [-0.39, 0.29) is 11.9 Å². The van der Waals surface area contributed by atoms with Crippen molar-refractivity contribution < 1.29 is 4.79 Å². The molecule has 2 rings (SSSR count). The summed E-state index contributed by atoms with van der Waals surface area (Å²) in [5.41, 5.74) is 5.87. The zero-order valence-corrected chi connectivity index (χ0v) is 12.9. The van der Waals surface area contributed by atoms with Crippen LogP contribution in [0.25, 0.3) is 0 Å². The summed E-state index contributed by atoms with van der Waals surface area (Å²) >= 11 is 5.16. The van der Waals surface area contributed by atoms with Crippen molar-refractivity contribution in [2.75, 3.05) is 5.32 Å². The van der Waals surface area contributed by atoms with Gasteiger partial charge in [-0.15, -0.1) is 0 Å². The van der Waals surface area contributed by atoms with E-state index in [0.29, 0.717) is 10.7 Å². The number of carbonyl (C=O) groups is 1. The molecule has 0 aromatic carbocycles. The number of hydrogen-bond acceptors (Lipinski definition) is 3. The van der Waals surface area contributed by atoms with Gasteiger partial charge in [0.25, 0.3) is 0 Å². The standard InChI is InChI=1S/C14H22N4OS/c1-10(2)18-9-11(8-16-18)17-13(19)14(12(15)20)6-4-3-5-7-14/h8-10H,3-7H2,1-2H3,(H2,15,20)(H,17,19). The number of carbonyl (C=O) groups excluding carboxylic acids is 1. The van der Waals surface area contributed by atoms with E-state index < -0.39 is 5.41 Å². The van der Waals surface area contributed by atoms with Gasteiger partial charge in [-0.1, -0.05) is 31.5 Å². The minimum atomic E-state index is -0.687. The highest BCUT2D eigenvalue weighted by Gasteiger charge is 2.42. The van der Waals surface area contributed by atoms with Crippen molar-refractivity contribution in [2.24, 2.45) is 11.1 Å². The SMILES string of the molecule is CC(C)n1cc(NC(=O)C2(C(N)=S)CCCCC2)cn1. The number of nitrogens with zero attached hydrogens (tertiary/aromatic N) is 2. The molecule has 5 nitrogen and oxygen atoms in total. The Morgan fingerprint density at radius 1 is 1.45 bits per heavy atom. The molecule has 1 saturated carbocycles. The summed E-state index contributed by atoms with van der Waals surface area (Å²) in [5.74, 6) is -0.0898. The molecule has 3 N–H and O–H groups in total. The molecule has 1 aliphatic rings. The second-order valence-corrected chi connectivity index (χ2v) is 6.20. The fourth-order valence-corrected chi connectivity index (χ4v) is 2.97. The molecule has 110 valence electrons. The number of thiocarbonyl (C=S) groups is 1. The Balaban J connectivity index is 2.14. The van der Waals surface area contributed by atoms with Crippen molar-refractivity contribution in [2.45, 2.75) is 52.0 Å². The second kappa shape index (κ2) is 5.91. The lowest BCUT2D eigenvalue weighted by atomic mass is 9.73. The van der Waals surface area contributed by atoms with Crippen molar-refractivity contribution in [3.05, 3.63) is 12.4 Å². The Labute approximate surface area is 124 Å². The lowest BCUT2D eigenvalue weighted by Crippen LogP contribution is -2.47. The van der Waals surface area contributed by atoms with Gasteiger partial charge in [0.15, 0.2) is 0 Å². The van der Waals surface area contributed by atoms with Gasteiger partial charge in [0.2, 0.25) is 5.91 Å². The highest BCUT2D eigenvalue weighted by Crippen LogP contribution is 2.37. The molecule has 1 aliphatic carbocycles. The fraction of sp³-hybridized carbons (Fsp3) is 0.643. The molecular formula is C14H22N4OS. The summed E-state index contributed by atoms with van der Waals surface area (Å²) in [6.07, 6.45) is 8.11. The van der Waals surface area contributed by atoms with Crippen LogP contribution in [0, 0.1) is 5.41 Å². The normalized spacial score (nSPS) is 17.9. The van der Waals surface area contributed by atoms with Crippen LogP contribution in [-0.4, -0.2) is 20.7 Å². The molecule has 0 spiro atoms. The van der Waals surface area contributed by atoms with Gasteiger partial charge in [-0.05, 0) is 26.7 Å². The molecule has 0 saturated heterocycles. The summed E-state index contributed by atoms with van der Waals surface area (Å²) in [7, 11) is 0. The van der Waals surface area contributed by atoms with E-state index >= 15 is 0 Å². The van der Waals surface area contributed by atoms with Crippen molar-refractivity contribution in [3.8, 4) is 0 Å². The number of rotatable bonds is 4. The van der Waals surface area contributed by atoms with Crippen molar-refractivity contribution >= 4 is 28.8 Å². The molecule has 0 aliphatic heterocycles. The first kappa shape index (κ1) is 15.0. The Morgan fingerprint density at radius 3 is 2.60 bits per heavy atom. The lowest BCUT2D eigenvalue weighted by molar-refractivity contribution is -0.123. The van der Waals surface area contributed by atoms with Gasteiger partial charge in [-0.2, -0.15) is 5.10 Å². The smallest absolute Gasteiger partial charge is 0.237 e. The van der Waals surface area contributed by atoms with Crippen LogP contribution in [0.4, 0.5) is 5.69 Å². The minimum absolute atomic E-state index is 0.0898. The molecule has 0 unspecified atom stereocenters. The van der Waals surface area contributed by atoms with E-state index in [9.17, 15) is 4.79 Å². The van der Waals surface area contributed by atoms with E-state index in [2.05, 4.69) is 10.4 Å². The van der Waals surface area contributed by atoms with Crippen LogP contribution in [0.15, 0.2) is 12.4 Å². The monoisotopic (exact) mass is 294 g/mol. The second-order valence-electron chi connectivity index (χ2n) is 5.76. The van der Waals surface area contributed by atoms with Gasteiger partial charge in [0.1, 0.15) is 0 Å². The highest BCUT2D eigenvalue weighted by atomic mass is 32.1. The predicted molar refractivity (Wildman–Crippen MR) is 83.5 cm³/mol. The maximum Gasteiger partial charge on any atom is 0.237 e. The largest absolute Gasteiger partial charge is 0.392 e. The maximum atomic E-state index is 12.6. The molecule has 1 heterocycles. The highest BCUT2D eigenvalue weighted by molar-refractivity contribution is 7.80. The van der Waals surface area contributed by atoms with Gasteiger partial charge in [0.05, 0.1) is 22.3 Å². The minimum Gasteiger partial charge on any atom is -0.392 e. The van der Waals surface area contributed by atoms with Gasteiger partial charge in [-0.25, -0.2) is 0 Å². The Hall–Kier alpha value is -1.43. The van der Waals surface area contributed by atoms with Crippen LogP contribution in [0.3, 0.4) is 0 Å². The van der Waals surface area contributed by atoms with Gasteiger partial charge >= 0.3 is 0 Å². The molecule has 6 heteroatoms. The van der Waals surface area contributed by atoms with Crippen molar-refractivity contribution in [1.29, 1.82) is 0 Å². The van der Waals surface area contributed by atoms with Gasteiger partial charge in [0, 0.05) is 12.2 Å². The summed E-state index contributed by atoms with van der Waals surface area (Å²) in [4.78, 5) is 12.9. The number of nitrogens with two attached hydrogens (primary N) is 1. The molecule has 1 amide bonds. The fourth-order valence-electron chi connectivity index (χ4n) is 2.68. The number of amides is 1. The summed E-state index contributed by atoms with van der Waals surface area (Å²) in [6.45, 7) is 4.08. The van der Waals surface area contributed by atoms with Gasteiger partial charge in [-0.3, -0.25) is 9.48 Å². The van der Waals surface area contributed by atoms with E-state index in [4.69, 9.17) is 18.0 Å². The molecule has 1 fully saturated rings. The van der Waals surface area contributed by atoms with E-state index in [1.807, 2.05) is 24.7 Å². The molecule has 1 aromatic rings. The quantitative estimate of drug-likeness (QED) is 0.837. The topological polar surface area (TPSA) is 72.9 Å². The molecule has 1 aromatic heterocycles. The predicted octanol–water partition coefficient (Wildman–Crippen LogP) is 2.64. The Bertz CT molecular complexity index is 503. The van der Waals surface area contributed by atoms with E-state index in [1.165, 1.54) is 0 Å². The average Bonchev–Trinajstić information content (AvgIpc) is 2.88. The van der Waals surface area contributed by atoms with Crippen molar-refractivity contribution in [1.82, 2.24) is 9.78 Å². The first-order valence-corrected chi connectivity index (χ1v) is 7.52. The third kappa shape index (κ3) is 2.85. The lowest BCUT2D eigenvalue weighted by Gasteiger charge is -2.34. The van der Waals surface area contributed by atoms with Crippen LogP contribution in [0.5, 0.6) is 0 Å². The van der Waals surface area contributed by atoms with Crippen LogP contribution >= 0.6 is 12.2 Å². The van der Waals surface area contributed by atoms with Crippen molar-refractivity contribution in [3.63, 3.8) is 0 Å². The number of nitrogens with one attached hydrogen (secondary N) is 1. The average molecular weight is 294 g/mol. The maximum absolute atomic E-state index is 12.6. The van der Waals surface area contributed by atoms with Crippen LogP contribution < -0.4 is 11.1 Å². The Kier molecular flexibility index (Phi) is 4.42. The molecule has 0 bridgehead atoms. The summed E-state index contributed by atoms with van der Waals surface area (Å²) in [6, 6.07) is 0.264. The third-order valence-electron chi connectivity index (χ3n) is 4.00. The van der Waals surface area contributed by atoms with Crippen LogP contribution in [0.1, 0.15) is 52.0 Å². The summed E-state index contributed by atoms with van der Waals surface area (Å²) < 4.78 is 1.81. The zero-order chi connectivity index (χ0) is 14.8. The number of anilines is 1. The number of aromatic nitrogens is 2. The first-order valence-electron chi connectivity index (χ1n) is 7.11. The van der Waals surface area contributed by atoms with E-state index in [1.54, 1.807) is 6.20 Å². The third-order valence-corrected chi connectivity index (χ3v) is 4.39. The zero-order valence-electron chi connectivity index (χ0n) is 12.1. The van der Waals surface area contributed by atoms with E-state index in [0.717, 1.165) is 32.1 Å². The number of hydrogen-bond donors (Lipinski definition) is 2. The molecule has 0 atom stereocenters. The van der Waals surface area contributed by atoms with Crippen LogP contribution in [0.2, 0.25) is 0 Å². The summed E-state index contributed by atoms with van der Waals surface area (Å²) in [5, 5.41) is 7.14. The van der Waals surface area contributed by atoms with Crippen LogP contribution in [-0.2, 0) is 4.79 Å². The molecular weight excluding hydrogens is 272 g/mol. The first-order chi connectivity index (χ1) is 9.45. The molecule has 0 radical (unpaired) electrons. The Morgan fingerprint density at radius 2 is 2.10 bits per heavy atom.